The van der Waals surface area contributed by atoms with Crippen LogP contribution in [-0.4, -0.2) is 39.0 Å². The highest BCUT2D eigenvalue weighted by atomic mass is 32.2. The minimum Gasteiger partial charge on any atom is -0.357 e. The van der Waals surface area contributed by atoms with Crippen molar-refractivity contribution in [1.82, 2.24) is 20.3 Å². The minimum atomic E-state index is -3.42. The van der Waals surface area contributed by atoms with Gasteiger partial charge < -0.3 is 10.6 Å². The second-order valence-electron chi connectivity index (χ2n) is 4.77. The van der Waals surface area contributed by atoms with Gasteiger partial charge in [0, 0.05) is 25.8 Å². The number of nitrogens with one attached hydrogen (secondary N) is 3. The Balaban J connectivity index is 1.81. The molecule has 2 aromatic rings. The molecule has 2 heterocycles. The molecule has 0 atom stereocenters. The van der Waals surface area contributed by atoms with Crippen molar-refractivity contribution in [3.05, 3.63) is 47.6 Å². The van der Waals surface area contributed by atoms with Crippen molar-refractivity contribution in [3.8, 4) is 0 Å². The van der Waals surface area contributed by atoms with Crippen molar-refractivity contribution >= 4 is 27.3 Å². The van der Waals surface area contributed by atoms with Crippen LogP contribution in [0.2, 0.25) is 0 Å². The molecule has 0 bridgehead atoms. The van der Waals surface area contributed by atoms with Gasteiger partial charge in [-0.3, -0.25) is 4.98 Å². The van der Waals surface area contributed by atoms with E-state index in [0.717, 1.165) is 12.2 Å². The van der Waals surface area contributed by atoms with E-state index in [-0.39, 0.29) is 6.54 Å². The Bertz CT molecular complexity index is 730. The summed E-state index contributed by atoms with van der Waals surface area (Å²) in [6, 6.07) is 8.97. The Morgan fingerprint density at radius 1 is 1.21 bits per heavy atom. The molecule has 3 N–H and O–H groups in total. The van der Waals surface area contributed by atoms with E-state index in [9.17, 15) is 8.42 Å². The Morgan fingerprint density at radius 2 is 2.08 bits per heavy atom. The largest absolute Gasteiger partial charge is 0.357 e. The van der Waals surface area contributed by atoms with E-state index >= 15 is 0 Å². The molecular formula is C15H21N5O2S2. The number of aromatic nitrogens is 1. The van der Waals surface area contributed by atoms with E-state index < -0.39 is 10.0 Å². The van der Waals surface area contributed by atoms with Gasteiger partial charge in [0.25, 0.3) is 0 Å². The van der Waals surface area contributed by atoms with Crippen LogP contribution in [0.4, 0.5) is 0 Å². The average Bonchev–Trinajstić information content (AvgIpc) is 3.13. The number of hydrogen-bond donors (Lipinski definition) is 3. The fourth-order valence-corrected chi connectivity index (χ4v) is 3.92. The molecule has 2 rings (SSSR count). The Morgan fingerprint density at radius 3 is 2.75 bits per heavy atom. The zero-order chi connectivity index (χ0) is 17.3. The highest BCUT2D eigenvalue weighted by molar-refractivity contribution is 7.91. The van der Waals surface area contributed by atoms with E-state index in [0.29, 0.717) is 23.3 Å². The number of guanidine groups is 1. The molecule has 0 saturated carbocycles. The molecule has 0 aromatic carbocycles. The molecule has 0 radical (unpaired) electrons. The van der Waals surface area contributed by atoms with Gasteiger partial charge in [-0.1, -0.05) is 12.1 Å². The maximum absolute atomic E-state index is 12.0. The van der Waals surface area contributed by atoms with Gasteiger partial charge in [0.2, 0.25) is 10.0 Å². The van der Waals surface area contributed by atoms with E-state index in [1.54, 1.807) is 23.7 Å². The molecule has 2 aromatic heterocycles. The molecule has 0 aliphatic heterocycles. The molecule has 0 aliphatic rings. The molecule has 130 valence electrons. The number of nitrogens with zero attached hydrogens (tertiary/aromatic N) is 2. The summed E-state index contributed by atoms with van der Waals surface area (Å²) in [7, 11) is -3.42. The van der Waals surface area contributed by atoms with Gasteiger partial charge in [0.05, 0.1) is 12.2 Å². The van der Waals surface area contributed by atoms with E-state index in [1.165, 1.54) is 11.3 Å². The zero-order valence-corrected chi connectivity index (χ0v) is 15.0. The topological polar surface area (TPSA) is 95.5 Å². The third-order valence-electron chi connectivity index (χ3n) is 2.94. The zero-order valence-electron chi connectivity index (χ0n) is 13.4. The smallest absolute Gasteiger partial charge is 0.250 e. The second kappa shape index (κ2) is 9.36. The van der Waals surface area contributed by atoms with Crippen LogP contribution in [0.25, 0.3) is 0 Å². The number of rotatable bonds is 8. The monoisotopic (exact) mass is 367 g/mol. The molecule has 0 aliphatic carbocycles. The van der Waals surface area contributed by atoms with Crippen molar-refractivity contribution in [1.29, 1.82) is 0 Å². The van der Waals surface area contributed by atoms with Gasteiger partial charge in [0.1, 0.15) is 4.21 Å². The number of aliphatic imine (C=N–C) groups is 1. The van der Waals surface area contributed by atoms with Gasteiger partial charge in [0.15, 0.2) is 5.96 Å². The normalized spacial score (nSPS) is 12.1. The quantitative estimate of drug-likeness (QED) is 0.370. The predicted octanol–water partition coefficient (Wildman–Crippen LogP) is 1.18. The van der Waals surface area contributed by atoms with Gasteiger partial charge in [-0.25, -0.2) is 18.1 Å². The van der Waals surface area contributed by atoms with E-state index in [4.69, 9.17) is 0 Å². The van der Waals surface area contributed by atoms with Gasteiger partial charge in [-0.05, 0) is 30.5 Å². The number of sulfonamides is 1. The second-order valence-corrected chi connectivity index (χ2v) is 7.71. The molecule has 0 saturated heterocycles. The third kappa shape index (κ3) is 5.91. The Labute approximate surface area is 146 Å². The van der Waals surface area contributed by atoms with Crippen molar-refractivity contribution in [2.75, 3.05) is 19.6 Å². The van der Waals surface area contributed by atoms with Crippen LogP contribution >= 0.6 is 11.3 Å². The van der Waals surface area contributed by atoms with Crippen LogP contribution in [0.1, 0.15) is 12.6 Å². The van der Waals surface area contributed by atoms with E-state index in [1.807, 2.05) is 25.1 Å². The lowest BCUT2D eigenvalue weighted by atomic mass is 10.3. The maximum atomic E-state index is 12.0. The lowest BCUT2D eigenvalue weighted by Gasteiger charge is -2.11. The predicted molar refractivity (Wildman–Crippen MR) is 96.6 cm³/mol. The summed E-state index contributed by atoms with van der Waals surface area (Å²) in [5.74, 6) is 0.624. The Kier molecular flexibility index (Phi) is 7.16. The summed E-state index contributed by atoms with van der Waals surface area (Å²) in [4.78, 5) is 8.64. The summed E-state index contributed by atoms with van der Waals surface area (Å²) in [5, 5.41) is 7.95. The fourth-order valence-electron chi connectivity index (χ4n) is 1.85. The van der Waals surface area contributed by atoms with Gasteiger partial charge in [-0.2, -0.15) is 0 Å². The average molecular weight is 368 g/mol. The molecule has 0 fully saturated rings. The van der Waals surface area contributed by atoms with Crippen molar-refractivity contribution in [3.63, 3.8) is 0 Å². The summed E-state index contributed by atoms with van der Waals surface area (Å²) >= 11 is 1.19. The number of hydrogen-bond acceptors (Lipinski definition) is 5. The molecule has 0 amide bonds. The first kappa shape index (κ1) is 18.4. The van der Waals surface area contributed by atoms with Gasteiger partial charge in [-0.15, -0.1) is 11.3 Å². The molecule has 24 heavy (non-hydrogen) atoms. The first-order chi connectivity index (χ1) is 11.6. The van der Waals surface area contributed by atoms with Crippen molar-refractivity contribution in [2.24, 2.45) is 4.99 Å². The molecular weight excluding hydrogens is 346 g/mol. The Hall–Kier alpha value is -1.97. The SMILES string of the molecule is CCNC(=NCc1ccccn1)NCCNS(=O)(=O)c1cccs1. The molecule has 7 nitrogen and oxygen atoms in total. The molecule has 0 unspecified atom stereocenters. The highest BCUT2D eigenvalue weighted by Gasteiger charge is 2.13. The van der Waals surface area contributed by atoms with Crippen molar-refractivity contribution in [2.45, 2.75) is 17.7 Å². The van der Waals surface area contributed by atoms with Crippen LogP contribution in [0.15, 0.2) is 51.1 Å². The number of pyridine rings is 1. The lowest BCUT2D eigenvalue weighted by Crippen LogP contribution is -2.41. The first-order valence-electron chi connectivity index (χ1n) is 7.57. The maximum Gasteiger partial charge on any atom is 0.250 e. The standard InChI is InChI=1S/C15H21N5O2S2/c1-2-16-15(19-12-13-6-3-4-8-17-13)18-9-10-20-24(21,22)14-7-5-11-23-14/h3-8,11,20H,2,9-10,12H2,1H3,(H2,16,18,19). The van der Waals surface area contributed by atoms with Crippen molar-refractivity contribution < 1.29 is 8.42 Å². The fraction of sp³-hybridized carbons (Fsp3) is 0.333. The summed E-state index contributed by atoms with van der Waals surface area (Å²) in [6.45, 7) is 3.84. The summed E-state index contributed by atoms with van der Waals surface area (Å²) in [6.07, 6.45) is 1.73. The third-order valence-corrected chi connectivity index (χ3v) is 5.80. The minimum absolute atomic E-state index is 0.272. The summed E-state index contributed by atoms with van der Waals surface area (Å²) in [5.41, 5.74) is 0.869. The van der Waals surface area contributed by atoms with Gasteiger partial charge >= 0.3 is 0 Å². The van der Waals surface area contributed by atoms with Crippen LogP contribution in [-0.2, 0) is 16.6 Å². The van der Waals surface area contributed by atoms with E-state index in [2.05, 4.69) is 25.3 Å². The highest BCUT2D eigenvalue weighted by Crippen LogP contribution is 2.14. The molecule has 0 spiro atoms. The lowest BCUT2D eigenvalue weighted by molar-refractivity contribution is 0.582. The number of thiophene rings is 1. The first-order valence-corrected chi connectivity index (χ1v) is 9.93. The van der Waals surface area contributed by atoms with Crippen LogP contribution in [0.3, 0.4) is 0 Å². The van der Waals surface area contributed by atoms with Crippen LogP contribution in [0, 0.1) is 0 Å². The van der Waals surface area contributed by atoms with Crippen LogP contribution < -0.4 is 15.4 Å². The van der Waals surface area contributed by atoms with Crippen LogP contribution in [0.5, 0.6) is 0 Å². The summed E-state index contributed by atoms with van der Waals surface area (Å²) < 4.78 is 26.9. The molecule has 9 heteroatoms.